The van der Waals surface area contributed by atoms with Gasteiger partial charge in [0.05, 0.1) is 12.8 Å². The summed E-state index contributed by atoms with van der Waals surface area (Å²) in [5.41, 5.74) is 0. The number of carboxylic acids is 1. The maximum absolute atomic E-state index is 12.2. The molecular formula is C16H19N3O6. The van der Waals surface area contributed by atoms with Crippen LogP contribution in [0.2, 0.25) is 0 Å². The fraction of sp³-hybridized carbons (Fsp3) is 0.375. The maximum atomic E-state index is 12.2. The number of aliphatic carboxylic acids is 1. The van der Waals surface area contributed by atoms with E-state index in [1.54, 1.807) is 12.1 Å². The second-order valence-corrected chi connectivity index (χ2v) is 5.42. The van der Waals surface area contributed by atoms with Crippen LogP contribution < -0.4 is 10.6 Å². The predicted molar refractivity (Wildman–Crippen MR) is 86.1 cm³/mol. The Hall–Kier alpha value is -3.10. The van der Waals surface area contributed by atoms with Crippen LogP contribution in [0.5, 0.6) is 0 Å². The second kappa shape index (κ2) is 8.67. The zero-order chi connectivity index (χ0) is 18.2. The van der Waals surface area contributed by atoms with Crippen molar-refractivity contribution in [3.05, 3.63) is 30.2 Å². The lowest BCUT2D eigenvalue weighted by Gasteiger charge is -2.23. The number of carboxylic acid groups (broad SMARTS) is 1. The molecule has 1 atom stereocenters. The van der Waals surface area contributed by atoms with Crippen molar-refractivity contribution in [3.63, 3.8) is 0 Å². The Labute approximate surface area is 143 Å². The molecule has 3 N–H and O–H groups in total. The molecule has 25 heavy (non-hydrogen) atoms. The van der Waals surface area contributed by atoms with Crippen molar-refractivity contribution in [2.24, 2.45) is 0 Å². The normalized spacial score (nSPS) is 16.8. The molecule has 0 bridgehead atoms. The van der Waals surface area contributed by atoms with Crippen LogP contribution in [0.3, 0.4) is 0 Å². The van der Waals surface area contributed by atoms with E-state index < -0.39 is 36.3 Å². The van der Waals surface area contributed by atoms with Gasteiger partial charge in [-0.1, -0.05) is 0 Å². The van der Waals surface area contributed by atoms with Crippen molar-refractivity contribution in [2.75, 3.05) is 19.6 Å². The fourth-order valence-corrected chi connectivity index (χ4v) is 2.49. The van der Waals surface area contributed by atoms with Gasteiger partial charge in [0, 0.05) is 12.6 Å². The summed E-state index contributed by atoms with van der Waals surface area (Å²) in [7, 11) is 0. The van der Waals surface area contributed by atoms with Crippen molar-refractivity contribution in [2.45, 2.75) is 18.9 Å². The number of carbonyl (C=O) groups excluding carboxylic acids is 3. The van der Waals surface area contributed by atoms with Gasteiger partial charge < -0.3 is 25.1 Å². The van der Waals surface area contributed by atoms with Crippen LogP contribution in [-0.4, -0.2) is 59.4 Å². The molecule has 1 aliphatic heterocycles. The van der Waals surface area contributed by atoms with Gasteiger partial charge in [0.2, 0.25) is 17.7 Å². The predicted octanol–water partition coefficient (Wildman–Crippen LogP) is -0.399. The number of amides is 3. The molecule has 0 aliphatic carbocycles. The van der Waals surface area contributed by atoms with Crippen LogP contribution in [0.25, 0.3) is 6.08 Å². The molecule has 3 amide bonds. The third kappa shape index (κ3) is 5.48. The quantitative estimate of drug-likeness (QED) is 0.575. The highest BCUT2D eigenvalue weighted by Gasteiger charge is 2.33. The number of rotatable bonds is 7. The number of carbonyl (C=O) groups is 4. The lowest BCUT2D eigenvalue weighted by molar-refractivity contribution is -0.141. The van der Waals surface area contributed by atoms with Gasteiger partial charge in [-0.3, -0.25) is 19.2 Å². The number of furan rings is 1. The SMILES string of the molecule is O=C(O)CNC(=O)[C@@H]1CCCN1C(=O)CNC(=O)/C=C/c1ccco1. The monoisotopic (exact) mass is 349 g/mol. The molecule has 0 radical (unpaired) electrons. The number of likely N-dealkylation sites (tertiary alicyclic amines) is 1. The second-order valence-electron chi connectivity index (χ2n) is 5.42. The highest BCUT2D eigenvalue weighted by atomic mass is 16.4. The Morgan fingerprint density at radius 1 is 1.28 bits per heavy atom. The van der Waals surface area contributed by atoms with E-state index in [0.29, 0.717) is 25.1 Å². The summed E-state index contributed by atoms with van der Waals surface area (Å²) in [5.74, 6) is -2.00. The van der Waals surface area contributed by atoms with E-state index in [2.05, 4.69) is 10.6 Å². The zero-order valence-electron chi connectivity index (χ0n) is 13.4. The van der Waals surface area contributed by atoms with Crippen molar-refractivity contribution >= 4 is 29.8 Å². The number of hydrogen-bond donors (Lipinski definition) is 3. The first-order valence-corrected chi connectivity index (χ1v) is 7.76. The van der Waals surface area contributed by atoms with E-state index in [1.165, 1.54) is 23.3 Å². The van der Waals surface area contributed by atoms with Gasteiger partial charge in [0.15, 0.2) is 0 Å². The minimum atomic E-state index is -1.15. The third-order valence-electron chi connectivity index (χ3n) is 3.65. The molecule has 134 valence electrons. The lowest BCUT2D eigenvalue weighted by Crippen LogP contribution is -2.49. The summed E-state index contributed by atoms with van der Waals surface area (Å²) >= 11 is 0. The molecule has 2 heterocycles. The molecular weight excluding hydrogens is 330 g/mol. The molecule has 0 aromatic carbocycles. The maximum Gasteiger partial charge on any atom is 0.322 e. The van der Waals surface area contributed by atoms with Gasteiger partial charge in [0.1, 0.15) is 18.3 Å². The standard InChI is InChI=1S/C16H19N3O6/c20-13(6-5-11-3-2-8-25-11)17-9-14(21)19-7-1-4-12(19)16(24)18-10-15(22)23/h2-3,5-6,8,12H,1,4,7,9-10H2,(H,17,20)(H,18,24)(H,22,23)/b6-5+/t12-/m0/s1. The van der Waals surface area contributed by atoms with E-state index in [1.807, 2.05) is 0 Å². The zero-order valence-corrected chi connectivity index (χ0v) is 13.4. The van der Waals surface area contributed by atoms with Crippen molar-refractivity contribution < 1.29 is 28.7 Å². The molecule has 1 aromatic heterocycles. The van der Waals surface area contributed by atoms with Gasteiger partial charge in [-0.2, -0.15) is 0 Å². The van der Waals surface area contributed by atoms with Gasteiger partial charge in [-0.05, 0) is 31.1 Å². The number of nitrogens with zero attached hydrogens (tertiary/aromatic N) is 1. The Morgan fingerprint density at radius 3 is 2.76 bits per heavy atom. The first kappa shape index (κ1) is 18.2. The molecule has 9 nitrogen and oxygen atoms in total. The van der Waals surface area contributed by atoms with Crippen molar-refractivity contribution in [1.29, 1.82) is 0 Å². The topological polar surface area (TPSA) is 129 Å². The van der Waals surface area contributed by atoms with Gasteiger partial charge in [-0.15, -0.1) is 0 Å². The molecule has 1 fully saturated rings. The largest absolute Gasteiger partial charge is 0.480 e. The Bertz CT molecular complexity index is 667. The number of nitrogens with one attached hydrogen (secondary N) is 2. The Morgan fingerprint density at radius 2 is 2.08 bits per heavy atom. The molecule has 1 aromatic rings. The molecule has 0 saturated carbocycles. The molecule has 0 unspecified atom stereocenters. The minimum Gasteiger partial charge on any atom is -0.480 e. The van der Waals surface area contributed by atoms with E-state index in [4.69, 9.17) is 9.52 Å². The summed E-state index contributed by atoms with van der Waals surface area (Å²) in [5, 5.41) is 13.3. The average molecular weight is 349 g/mol. The van der Waals surface area contributed by atoms with Gasteiger partial charge >= 0.3 is 5.97 Å². The van der Waals surface area contributed by atoms with E-state index >= 15 is 0 Å². The smallest absolute Gasteiger partial charge is 0.322 e. The van der Waals surface area contributed by atoms with Crippen LogP contribution in [0, 0.1) is 0 Å². The van der Waals surface area contributed by atoms with Crippen molar-refractivity contribution in [1.82, 2.24) is 15.5 Å². The average Bonchev–Trinajstić information content (AvgIpc) is 3.26. The Balaban J connectivity index is 1.81. The third-order valence-corrected chi connectivity index (χ3v) is 3.65. The number of hydrogen-bond acceptors (Lipinski definition) is 5. The summed E-state index contributed by atoms with van der Waals surface area (Å²) in [6.45, 7) is -0.349. The van der Waals surface area contributed by atoms with E-state index in [9.17, 15) is 19.2 Å². The highest BCUT2D eigenvalue weighted by Crippen LogP contribution is 2.17. The van der Waals surface area contributed by atoms with E-state index in [0.717, 1.165) is 0 Å². The first-order chi connectivity index (χ1) is 12.0. The molecule has 2 rings (SSSR count). The minimum absolute atomic E-state index is 0.246. The summed E-state index contributed by atoms with van der Waals surface area (Å²) in [4.78, 5) is 47.7. The summed E-state index contributed by atoms with van der Waals surface area (Å²) < 4.78 is 5.04. The molecule has 1 saturated heterocycles. The summed E-state index contributed by atoms with van der Waals surface area (Å²) in [6.07, 6.45) is 5.29. The molecule has 1 aliphatic rings. The van der Waals surface area contributed by atoms with Crippen LogP contribution in [-0.2, 0) is 19.2 Å². The summed E-state index contributed by atoms with van der Waals surface area (Å²) in [6, 6.07) is 2.66. The first-order valence-electron chi connectivity index (χ1n) is 7.76. The van der Waals surface area contributed by atoms with Crippen LogP contribution >= 0.6 is 0 Å². The van der Waals surface area contributed by atoms with Crippen molar-refractivity contribution in [3.8, 4) is 0 Å². The van der Waals surface area contributed by atoms with Crippen LogP contribution in [0.1, 0.15) is 18.6 Å². The molecule has 0 spiro atoms. The van der Waals surface area contributed by atoms with Crippen LogP contribution in [0.15, 0.2) is 28.9 Å². The lowest BCUT2D eigenvalue weighted by atomic mass is 10.2. The van der Waals surface area contributed by atoms with Gasteiger partial charge in [-0.25, -0.2) is 0 Å². The fourth-order valence-electron chi connectivity index (χ4n) is 2.49. The van der Waals surface area contributed by atoms with Crippen LogP contribution in [0.4, 0.5) is 0 Å². The van der Waals surface area contributed by atoms with E-state index in [-0.39, 0.29) is 6.54 Å². The highest BCUT2D eigenvalue weighted by molar-refractivity contribution is 5.95. The van der Waals surface area contributed by atoms with Gasteiger partial charge in [0.25, 0.3) is 0 Å². The Kier molecular flexibility index (Phi) is 6.33. The molecule has 9 heteroatoms.